The maximum atomic E-state index is 12.9. The highest BCUT2D eigenvalue weighted by atomic mass is 16.4. The summed E-state index contributed by atoms with van der Waals surface area (Å²) in [5.41, 5.74) is 6.50. The molecule has 0 spiro atoms. The number of aromatic amines is 1. The zero-order chi connectivity index (χ0) is 22.4. The molecule has 6 N–H and O–H groups in total. The summed E-state index contributed by atoms with van der Waals surface area (Å²) in [6, 6.07) is -3.60. The lowest BCUT2D eigenvalue weighted by Crippen LogP contribution is -2.57. The summed E-state index contributed by atoms with van der Waals surface area (Å²) in [5.74, 6) is -2.70. The third-order valence-corrected chi connectivity index (χ3v) is 5.18. The standard InChI is InChI=1S/C19H30N6O5/c1-10(2)15(20)17(27)24-13(7-12-8-21-9-22-12)16(26)23-11(3)18(28)25-6-4-5-14(25)19(29)30/h8-11,13-15H,4-7,20H2,1-3H3,(H,21,22)(H,23,26)(H,24,27)(H,29,30). The zero-order valence-corrected chi connectivity index (χ0v) is 17.4. The molecule has 2 rings (SSSR count). The topological polar surface area (TPSA) is 171 Å². The number of nitrogens with one attached hydrogen (secondary N) is 3. The number of carboxylic acid groups (broad SMARTS) is 1. The summed E-state index contributed by atoms with van der Waals surface area (Å²) in [5, 5.41) is 14.5. The molecule has 0 aromatic carbocycles. The number of aliphatic carboxylic acids is 1. The second-order valence-electron chi connectivity index (χ2n) is 7.87. The van der Waals surface area contributed by atoms with Crippen LogP contribution >= 0.6 is 0 Å². The first kappa shape index (κ1) is 23.3. The van der Waals surface area contributed by atoms with Crippen LogP contribution in [0.2, 0.25) is 0 Å². The maximum Gasteiger partial charge on any atom is 0.326 e. The van der Waals surface area contributed by atoms with Crippen LogP contribution in [-0.4, -0.2) is 74.4 Å². The fourth-order valence-electron chi connectivity index (χ4n) is 3.31. The number of hydrogen-bond acceptors (Lipinski definition) is 6. The highest BCUT2D eigenvalue weighted by Gasteiger charge is 2.37. The number of rotatable bonds is 9. The average molecular weight is 422 g/mol. The monoisotopic (exact) mass is 422 g/mol. The molecule has 1 saturated heterocycles. The van der Waals surface area contributed by atoms with Crippen molar-refractivity contribution >= 4 is 23.7 Å². The third-order valence-electron chi connectivity index (χ3n) is 5.18. The van der Waals surface area contributed by atoms with E-state index >= 15 is 0 Å². The minimum absolute atomic E-state index is 0.121. The molecule has 1 aromatic rings. The minimum atomic E-state index is -1.06. The summed E-state index contributed by atoms with van der Waals surface area (Å²) < 4.78 is 0. The van der Waals surface area contributed by atoms with Gasteiger partial charge in [-0.25, -0.2) is 9.78 Å². The van der Waals surface area contributed by atoms with Gasteiger partial charge in [-0.1, -0.05) is 13.8 Å². The van der Waals surface area contributed by atoms with Crippen LogP contribution in [0.3, 0.4) is 0 Å². The van der Waals surface area contributed by atoms with Crippen molar-refractivity contribution in [2.75, 3.05) is 6.54 Å². The molecule has 11 heteroatoms. The number of amides is 3. The van der Waals surface area contributed by atoms with Crippen molar-refractivity contribution < 1.29 is 24.3 Å². The summed E-state index contributed by atoms with van der Waals surface area (Å²) in [4.78, 5) is 57.3. The van der Waals surface area contributed by atoms with E-state index in [1.807, 2.05) is 0 Å². The number of nitrogens with two attached hydrogens (primary N) is 1. The van der Waals surface area contributed by atoms with E-state index < -0.39 is 47.9 Å². The van der Waals surface area contributed by atoms with E-state index in [1.165, 1.54) is 24.3 Å². The van der Waals surface area contributed by atoms with E-state index in [9.17, 15) is 24.3 Å². The highest BCUT2D eigenvalue weighted by Crippen LogP contribution is 2.18. The molecule has 166 valence electrons. The van der Waals surface area contributed by atoms with Crippen molar-refractivity contribution in [3.63, 3.8) is 0 Å². The average Bonchev–Trinajstić information content (AvgIpc) is 3.37. The molecule has 4 unspecified atom stereocenters. The van der Waals surface area contributed by atoms with Gasteiger partial charge in [-0.2, -0.15) is 0 Å². The Morgan fingerprint density at radius 3 is 2.53 bits per heavy atom. The number of carboxylic acids is 1. The number of carbonyl (C=O) groups is 4. The van der Waals surface area contributed by atoms with Gasteiger partial charge in [0.1, 0.15) is 18.1 Å². The Labute approximate surface area is 174 Å². The van der Waals surface area contributed by atoms with Crippen molar-refractivity contribution in [1.29, 1.82) is 0 Å². The molecule has 30 heavy (non-hydrogen) atoms. The first-order chi connectivity index (χ1) is 14.1. The van der Waals surface area contributed by atoms with Gasteiger partial charge in [-0.3, -0.25) is 14.4 Å². The molecule has 0 saturated carbocycles. The van der Waals surface area contributed by atoms with Gasteiger partial charge in [0.25, 0.3) is 0 Å². The number of hydrogen-bond donors (Lipinski definition) is 5. The maximum absolute atomic E-state index is 12.9. The summed E-state index contributed by atoms with van der Waals surface area (Å²) in [6.45, 7) is 5.41. The molecule has 4 atom stereocenters. The minimum Gasteiger partial charge on any atom is -0.480 e. The lowest BCUT2D eigenvalue weighted by atomic mass is 10.0. The molecular weight excluding hydrogens is 392 g/mol. The third kappa shape index (κ3) is 5.78. The number of likely N-dealkylation sites (tertiary alicyclic amines) is 1. The molecule has 1 aliphatic heterocycles. The summed E-state index contributed by atoms with van der Waals surface area (Å²) >= 11 is 0. The lowest BCUT2D eigenvalue weighted by Gasteiger charge is -2.27. The van der Waals surface area contributed by atoms with Crippen molar-refractivity contribution in [1.82, 2.24) is 25.5 Å². The van der Waals surface area contributed by atoms with Crippen molar-refractivity contribution in [2.24, 2.45) is 11.7 Å². The van der Waals surface area contributed by atoms with Crippen LogP contribution in [0.4, 0.5) is 0 Å². The van der Waals surface area contributed by atoms with Gasteiger partial charge in [0.15, 0.2) is 0 Å². The summed E-state index contributed by atoms with van der Waals surface area (Å²) in [6.07, 6.45) is 4.09. The Bertz CT molecular complexity index is 765. The fraction of sp³-hybridized carbons (Fsp3) is 0.632. The molecule has 1 fully saturated rings. The van der Waals surface area contributed by atoms with Crippen molar-refractivity contribution in [2.45, 2.75) is 64.2 Å². The second-order valence-corrected chi connectivity index (χ2v) is 7.87. The van der Waals surface area contributed by atoms with Crippen LogP contribution < -0.4 is 16.4 Å². The molecular formula is C19H30N6O5. The molecule has 11 nitrogen and oxygen atoms in total. The number of imidazole rings is 1. The predicted molar refractivity (Wildman–Crippen MR) is 107 cm³/mol. The summed E-state index contributed by atoms with van der Waals surface area (Å²) in [7, 11) is 0. The smallest absolute Gasteiger partial charge is 0.326 e. The van der Waals surface area contributed by atoms with Crippen LogP contribution in [0.1, 0.15) is 39.3 Å². The van der Waals surface area contributed by atoms with Crippen molar-refractivity contribution in [3.8, 4) is 0 Å². The van der Waals surface area contributed by atoms with Crippen LogP contribution in [0.5, 0.6) is 0 Å². The number of carbonyl (C=O) groups excluding carboxylic acids is 3. The van der Waals surface area contributed by atoms with Crippen LogP contribution in [0, 0.1) is 5.92 Å². The molecule has 0 radical (unpaired) electrons. The Balaban J connectivity index is 2.07. The SMILES string of the molecule is CC(NC(=O)C(Cc1cnc[nH]1)NC(=O)C(N)C(C)C)C(=O)N1CCCC1C(=O)O. The number of aromatic nitrogens is 2. The predicted octanol–water partition coefficient (Wildman–Crippen LogP) is -0.999. The zero-order valence-electron chi connectivity index (χ0n) is 17.4. The first-order valence-electron chi connectivity index (χ1n) is 9.98. The highest BCUT2D eigenvalue weighted by molar-refractivity contribution is 5.94. The van der Waals surface area contributed by atoms with Crippen LogP contribution in [0.25, 0.3) is 0 Å². The molecule has 2 heterocycles. The number of H-pyrrole nitrogens is 1. The van der Waals surface area contributed by atoms with Gasteiger partial charge in [-0.05, 0) is 25.7 Å². The molecule has 3 amide bonds. The molecule has 1 aromatic heterocycles. The fourth-order valence-corrected chi connectivity index (χ4v) is 3.31. The van der Waals surface area contributed by atoms with Crippen LogP contribution in [-0.2, 0) is 25.6 Å². The molecule has 0 aliphatic carbocycles. The van der Waals surface area contributed by atoms with Gasteiger partial charge < -0.3 is 31.4 Å². The quantitative estimate of drug-likeness (QED) is 0.340. The normalized spacial score (nSPS) is 19.2. The van der Waals surface area contributed by atoms with E-state index in [2.05, 4.69) is 20.6 Å². The van der Waals surface area contributed by atoms with Gasteiger partial charge in [0.2, 0.25) is 17.7 Å². The molecule has 1 aliphatic rings. The van der Waals surface area contributed by atoms with Crippen molar-refractivity contribution in [3.05, 3.63) is 18.2 Å². The van der Waals surface area contributed by atoms with E-state index in [-0.39, 0.29) is 12.3 Å². The van der Waals surface area contributed by atoms with E-state index in [0.717, 1.165) is 0 Å². The number of nitrogens with zero attached hydrogens (tertiary/aromatic N) is 2. The van der Waals surface area contributed by atoms with Gasteiger partial charge >= 0.3 is 5.97 Å². The van der Waals surface area contributed by atoms with Crippen LogP contribution in [0.15, 0.2) is 12.5 Å². The van der Waals surface area contributed by atoms with E-state index in [1.54, 1.807) is 13.8 Å². The molecule has 0 bridgehead atoms. The Morgan fingerprint density at radius 2 is 1.97 bits per heavy atom. The lowest BCUT2D eigenvalue weighted by molar-refractivity contribution is -0.149. The largest absolute Gasteiger partial charge is 0.480 e. The van der Waals surface area contributed by atoms with E-state index in [0.29, 0.717) is 25.1 Å². The first-order valence-corrected chi connectivity index (χ1v) is 9.98. The second kappa shape index (κ2) is 10.2. The Morgan fingerprint density at radius 1 is 1.27 bits per heavy atom. The van der Waals surface area contributed by atoms with E-state index in [4.69, 9.17) is 5.73 Å². The van der Waals surface area contributed by atoms with Gasteiger partial charge in [-0.15, -0.1) is 0 Å². The Kier molecular flexibility index (Phi) is 7.93. The van der Waals surface area contributed by atoms with Gasteiger partial charge in [0, 0.05) is 24.9 Å². The van der Waals surface area contributed by atoms with Gasteiger partial charge in [0.05, 0.1) is 12.4 Å². The Hall–Kier alpha value is -2.95.